The maximum absolute atomic E-state index is 12.6. The average molecular weight is 407 g/mol. The second-order valence-electron chi connectivity index (χ2n) is 6.56. The Morgan fingerprint density at radius 3 is 2.43 bits per heavy atom. The van der Waals surface area contributed by atoms with Gasteiger partial charge in [-0.1, -0.05) is 17.3 Å². The van der Waals surface area contributed by atoms with Gasteiger partial charge in [0.15, 0.2) is 5.69 Å². The van der Waals surface area contributed by atoms with Crippen molar-refractivity contribution in [2.45, 2.75) is 13.8 Å². The molecular weight excluding hydrogens is 386 g/mol. The first kappa shape index (κ1) is 20.7. The largest absolute Gasteiger partial charge is 0.468 e. The fraction of sp³-hybridized carbons (Fsp3) is 0.190. The summed E-state index contributed by atoms with van der Waals surface area (Å²) in [4.78, 5) is 35.7. The van der Waals surface area contributed by atoms with E-state index in [1.165, 1.54) is 7.11 Å². The number of hydrogen-bond donors (Lipinski definition) is 2. The summed E-state index contributed by atoms with van der Waals surface area (Å²) in [5.74, 6) is -1.37. The van der Waals surface area contributed by atoms with E-state index >= 15 is 0 Å². The average Bonchev–Trinajstić information content (AvgIpc) is 3.13. The number of benzene rings is 2. The molecule has 0 atom stereocenters. The van der Waals surface area contributed by atoms with Crippen molar-refractivity contribution in [3.05, 3.63) is 71.0 Å². The summed E-state index contributed by atoms with van der Waals surface area (Å²) < 4.78 is 6.08. The normalized spacial score (nSPS) is 10.4. The van der Waals surface area contributed by atoms with E-state index < -0.39 is 17.8 Å². The van der Waals surface area contributed by atoms with Crippen LogP contribution in [-0.4, -0.2) is 46.4 Å². The molecule has 9 nitrogen and oxygen atoms in total. The van der Waals surface area contributed by atoms with E-state index in [2.05, 4.69) is 25.7 Å². The van der Waals surface area contributed by atoms with Crippen LogP contribution in [0.4, 0.5) is 5.69 Å². The molecule has 0 bridgehead atoms. The van der Waals surface area contributed by atoms with E-state index in [0.717, 1.165) is 11.3 Å². The van der Waals surface area contributed by atoms with Crippen molar-refractivity contribution in [1.29, 1.82) is 0 Å². The molecule has 0 fully saturated rings. The minimum atomic E-state index is -0.540. The lowest BCUT2D eigenvalue weighted by molar-refractivity contribution is -0.139. The molecule has 0 aliphatic heterocycles. The SMILES string of the molecule is COC(=O)CNC(=O)c1ccc(NC(=O)c2nnn(-c3cccc(C)c3)c2C)cc1. The first-order valence-corrected chi connectivity index (χ1v) is 9.15. The fourth-order valence-electron chi connectivity index (χ4n) is 2.77. The minimum absolute atomic E-state index is 0.205. The van der Waals surface area contributed by atoms with E-state index in [9.17, 15) is 14.4 Å². The number of hydrogen-bond acceptors (Lipinski definition) is 6. The van der Waals surface area contributed by atoms with Gasteiger partial charge in [0.2, 0.25) is 0 Å². The number of ether oxygens (including phenoxy) is 1. The van der Waals surface area contributed by atoms with Crippen LogP contribution in [0.1, 0.15) is 32.1 Å². The van der Waals surface area contributed by atoms with E-state index in [1.807, 2.05) is 31.2 Å². The Morgan fingerprint density at radius 1 is 1.03 bits per heavy atom. The van der Waals surface area contributed by atoms with Crippen molar-refractivity contribution >= 4 is 23.5 Å². The van der Waals surface area contributed by atoms with Crippen molar-refractivity contribution in [3.63, 3.8) is 0 Å². The van der Waals surface area contributed by atoms with E-state index in [-0.39, 0.29) is 12.2 Å². The van der Waals surface area contributed by atoms with Gasteiger partial charge in [-0.2, -0.15) is 0 Å². The maximum atomic E-state index is 12.6. The van der Waals surface area contributed by atoms with Crippen LogP contribution in [0.3, 0.4) is 0 Å². The van der Waals surface area contributed by atoms with Crippen LogP contribution in [0, 0.1) is 13.8 Å². The first-order chi connectivity index (χ1) is 14.4. The highest BCUT2D eigenvalue weighted by Crippen LogP contribution is 2.16. The standard InChI is InChI=1S/C21H21N5O4/c1-13-5-4-6-17(11-13)26-14(2)19(24-25-26)21(29)23-16-9-7-15(8-10-16)20(28)22-12-18(27)30-3/h4-11H,12H2,1-3H3,(H,22,28)(H,23,29). The predicted molar refractivity (Wildman–Crippen MR) is 110 cm³/mol. The lowest BCUT2D eigenvalue weighted by Crippen LogP contribution is -2.30. The van der Waals surface area contributed by atoms with Crippen LogP contribution in [0.15, 0.2) is 48.5 Å². The van der Waals surface area contributed by atoms with Gasteiger partial charge in [0.25, 0.3) is 11.8 Å². The molecule has 2 aromatic carbocycles. The fourth-order valence-corrected chi connectivity index (χ4v) is 2.77. The molecule has 3 aromatic rings. The second kappa shape index (κ2) is 8.99. The zero-order valence-electron chi connectivity index (χ0n) is 16.8. The monoisotopic (exact) mass is 407 g/mol. The van der Waals surface area contributed by atoms with Crippen LogP contribution in [0.5, 0.6) is 0 Å². The predicted octanol–water partition coefficient (Wildman–Crippen LogP) is 2.04. The van der Waals surface area contributed by atoms with Gasteiger partial charge in [0.05, 0.1) is 18.5 Å². The number of aromatic nitrogens is 3. The van der Waals surface area contributed by atoms with Crippen molar-refractivity contribution in [1.82, 2.24) is 20.3 Å². The third kappa shape index (κ3) is 4.69. The lowest BCUT2D eigenvalue weighted by atomic mass is 10.2. The lowest BCUT2D eigenvalue weighted by Gasteiger charge is -2.07. The molecule has 0 spiro atoms. The molecule has 3 rings (SSSR count). The summed E-state index contributed by atoms with van der Waals surface area (Å²) in [6.45, 7) is 3.53. The number of methoxy groups -OCH3 is 1. The van der Waals surface area contributed by atoms with Crippen LogP contribution < -0.4 is 10.6 Å². The van der Waals surface area contributed by atoms with Gasteiger partial charge >= 0.3 is 5.97 Å². The molecule has 1 heterocycles. The smallest absolute Gasteiger partial charge is 0.325 e. The number of amides is 2. The summed E-state index contributed by atoms with van der Waals surface area (Å²) in [6, 6.07) is 14.0. The zero-order chi connectivity index (χ0) is 21.7. The molecule has 0 saturated heterocycles. The van der Waals surface area contributed by atoms with E-state index in [1.54, 1.807) is 35.9 Å². The van der Waals surface area contributed by atoms with Gasteiger partial charge in [0, 0.05) is 11.3 Å². The van der Waals surface area contributed by atoms with Gasteiger partial charge in [-0.3, -0.25) is 14.4 Å². The van der Waals surface area contributed by atoms with Crippen molar-refractivity contribution in [2.75, 3.05) is 19.0 Å². The number of carbonyl (C=O) groups is 3. The van der Waals surface area contributed by atoms with Crippen molar-refractivity contribution in [3.8, 4) is 5.69 Å². The number of nitrogens with zero attached hydrogens (tertiary/aromatic N) is 3. The summed E-state index contributed by atoms with van der Waals surface area (Å²) in [7, 11) is 1.24. The van der Waals surface area contributed by atoms with Gasteiger partial charge in [-0.15, -0.1) is 5.10 Å². The number of carbonyl (C=O) groups excluding carboxylic acids is 3. The molecule has 0 aliphatic rings. The number of esters is 1. The Morgan fingerprint density at radius 2 is 1.77 bits per heavy atom. The van der Waals surface area contributed by atoms with Crippen molar-refractivity contribution in [2.24, 2.45) is 0 Å². The molecule has 0 radical (unpaired) electrons. The van der Waals surface area contributed by atoms with Crippen LogP contribution in [0.2, 0.25) is 0 Å². The molecule has 0 unspecified atom stereocenters. The number of rotatable bonds is 6. The molecule has 0 saturated carbocycles. The zero-order valence-corrected chi connectivity index (χ0v) is 16.8. The molecule has 154 valence electrons. The maximum Gasteiger partial charge on any atom is 0.325 e. The van der Waals surface area contributed by atoms with Gasteiger partial charge in [0.1, 0.15) is 6.54 Å². The van der Waals surface area contributed by atoms with E-state index in [0.29, 0.717) is 16.9 Å². The number of anilines is 1. The molecule has 0 aliphatic carbocycles. The Bertz CT molecular complexity index is 1090. The summed E-state index contributed by atoms with van der Waals surface area (Å²) in [6.07, 6.45) is 0. The quantitative estimate of drug-likeness (QED) is 0.604. The van der Waals surface area contributed by atoms with Gasteiger partial charge in [-0.25, -0.2) is 4.68 Å². The number of aryl methyl sites for hydroxylation is 1. The number of nitrogens with one attached hydrogen (secondary N) is 2. The first-order valence-electron chi connectivity index (χ1n) is 9.15. The molecular formula is C21H21N5O4. The highest BCUT2D eigenvalue weighted by atomic mass is 16.5. The third-order valence-corrected chi connectivity index (χ3v) is 4.38. The van der Waals surface area contributed by atoms with Crippen LogP contribution >= 0.6 is 0 Å². The molecule has 30 heavy (non-hydrogen) atoms. The van der Waals surface area contributed by atoms with Crippen molar-refractivity contribution < 1.29 is 19.1 Å². The summed E-state index contributed by atoms with van der Waals surface area (Å²) in [5, 5.41) is 13.3. The summed E-state index contributed by atoms with van der Waals surface area (Å²) in [5.41, 5.74) is 3.55. The Hall–Kier alpha value is -4.01. The highest BCUT2D eigenvalue weighted by Gasteiger charge is 2.18. The molecule has 2 amide bonds. The van der Waals surface area contributed by atoms with Gasteiger partial charge < -0.3 is 15.4 Å². The third-order valence-electron chi connectivity index (χ3n) is 4.38. The minimum Gasteiger partial charge on any atom is -0.468 e. The van der Waals surface area contributed by atoms with Crippen LogP contribution in [-0.2, 0) is 9.53 Å². The topological polar surface area (TPSA) is 115 Å². The molecule has 9 heteroatoms. The second-order valence-corrected chi connectivity index (χ2v) is 6.56. The van der Waals surface area contributed by atoms with Crippen LogP contribution in [0.25, 0.3) is 5.69 Å². The Balaban J connectivity index is 1.68. The molecule has 2 N–H and O–H groups in total. The summed E-state index contributed by atoms with van der Waals surface area (Å²) >= 11 is 0. The van der Waals surface area contributed by atoms with Gasteiger partial charge in [-0.05, 0) is 55.8 Å². The molecule has 1 aromatic heterocycles. The highest BCUT2D eigenvalue weighted by molar-refractivity contribution is 6.04. The Labute approximate surface area is 173 Å². The Kier molecular flexibility index (Phi) is 6.21. The van der Waals surface area contributed by atoms with E-state index in [4.69, 9.17) is 0 Å².